The first-order chi connectivity index (χ1) is 27.7. The van der Waals surface area contributed by atoms with Gasteiger partial charge in [0.25, 0.3) is 0 Å². The molecule has 5 aromatic rings. The molecule has 0 aliphatic carbocycles. The van der Waals surface area contributed by atoms with Crippen LogP contribution in [-0.2, 0) is 24.2 Å². The number of benzene rings is 3. The number of ether oxygens (including phenoxy) is 7. The first kappa shape index (κ1) is 42.1. The van der Waals surface area contributed by atoms with E-state index in [1.807, 2.05) is 36.1 Å². The fraction of sp³-hybridized carbons (Fsp3) is 0.400. The minimum atomic E-state index is -1.18. The smallest absolute Gasteiger partial charge is 0.406 e. The molecule has 5 rings (SSSR count). The fourth-order valence-electron chi connectivity index (χ4n) is 6.14. The summed E-state index contributed by atoms with van der Waals surface area (Å²) in [6.07, 6.45) is 2.08. The van der Waals surface area contributed by atoms with Crippen LogP contribution in [0.1, 0.15) is 48.6 Å². The number of imidazole rings is 1. The number of alkyl carbamates (subject to hydrolysis) is 1. The molecule has 306 valence electrons. The fourth-order valence-corrected chi connectivity index (χ4v) is 6.14. The van der Waals surface area contributed by atoms with Crippen LogP contribution in [0, 0.1) is 11.6 Å². The van der Waals surface area contributed by atoms with Gasteiger partial charge < -0.3 is 48.5 Å². The van der Waals surface area contributed by atoms with Gasteiger partial charge in [-0.2, -0.15) is 9.37 Å². The number of methoxy groups -OCH3 is 5. The van der Waals surface area contributed by atoms with Crippen LogP contribution in [0.5, 0.6) is 34.8 Å². The van der Waals surface area contributed by atoms with E-state index >= 15 is 8.78 Å². The molecule has 15 nitrogen and oxygen atoms in total. The van der Waals surface area contributed by atoms with Gasteiger partial charge in [0, 0.05) is 55.8 Å². The Morgan fingerprint density at radius 1 is 0.860 bits per heavy atom. The Kier molecular flexibility index (Phi) is 14.9. The maximum Gasteiger partial charge on any atom is 0.406 e. The number of hydrogen-bond donors (Lipinski definition) is 2. The number of nitrogens with one attached hydrogen (secondary N) is 1. The van der Waals surface area contributed by atoms with Crippen LogP contribution >= 0.6 is 0 Å². The summed E-state index contributed by atoms with van der Waals surface area (Å²) in [4.78, 5) is 22.9. The second-order valence-electron chi connectivity index (χ2n) is 12.7. The summed E-state index contributed by atoms with van der Waals surface area (Å²) in [7, 11) is 7.51. The number of carbonyl (C=O) groups excluding carboxylic acids is 1. The molecule has 1 amide bonds. The summed E-state index contributed by atoms with van der Waals surface area (Å²) in [6, 6.07) is 13.7. The number of halogens is 2. The lowest BCUT2D eigenvalue weighted by atomic mass is 10.1. The number of aliphatic hydroxyl groups excluding tert-OH is 1. The van der Waals surface area contributed by atoms with Gasteiger partial charge in [0.15, 0.2) is 23.0 Å². The van der Waals surface area contributed by atoms with E-state index in [1.165, 1.54) is 30.0 Å². The van der Waals surface area contributed by atoms with E-state index < -0.39 is 23.8 Å². The van der Waals surface area contributed by atoms with Crippen LogP contribution in [0.4, 0.5) is 19.4 Å². The molecule has 0 spiro atoms. The Balaban J connectivity index is 1.61. The Labute approximate surface area is 329 Å². The third kappa shape index (κ3) is 10.4. The lowest BCUT2D eigenvalue weighted by molar-refractivity contribution is 0.133. The number of amides is 1. The van der Waals surface area contributed by atoms with Gasteiger partial charge in [0.05, 0.1) is 54.0 Å². The summed E-state index contributed by atoms with van der Waals surface area (Å²) >= 11 is 0. The molecule has 0 fully saturated rings. The molecule has 57 heavy (non-hydrogen) atoms. The predicted octanol–water partition coefficient (Wildman–Crippen LogP) is 5.90. The maximum atomic E-state index is 15.6. The number of aliphatic hydroxyl groups is 1. The zero-order valence-electron chi connectivity index (χ0n) is 32.8. The number of aromatic nitrogens is 4. The summed E-state index contributed by atoms with van der Waals surface area (Å²) in [5.74, 6) is 0.119. The van der Waals surface area contributed by atoms with Crippen molar-refractivity contribution in [2.75, 3.05) is 60.2 Å². The summed E-state index contributed by atoms with van der Waals surface area (Å²) in [5, 5.41) is 16.9. The predicted molar refractivity (Wildman–Crippen MR) is 206 cm³/mol. The summed E-state index contributed by atoms with van der Waals surface area (Å²) in [6.45, 7) is 2.31. The minimum Gasteiger partial charge on any atom is -0.497 e. The summed E-state index contributed by atoms with van der Waals surface area (Å²) < 4.78 is 71.0. The van der Waals surface area contributed by atoms with Crippen LogP contribution in [0.3, 0.4) is 0 Å². The van der Waals surface area contributed by atoms with E-state index in [0.717, 1.165) is 17.5 Å². The molecular formula is C40H48F2N6O9. The number of nitrogens with zero attached hydrogens (tertiary/aromatic N) is 5. The highest BCUT2D eigenvalue weighted by Gasteiger charge is 2.25. The van der Waals surface area contributed by atoms with Crippen molar-refractivity contribution < 1.29 is 51.8 Å². The van der Waals surface area contributed by atoms with Gasteiger partial charge in [-0.3, -0.25) is 0 Å². The van der Waals surface area contributed by atoms with Crippen LogP contribution < -0.4 is 38.6 Å². The zero-order chi connectivity index (χ0) is 40.9. The lowest BCUT2D eigenvalue weighted by Gasteiger charge is -2.27. The average Bonchev–Trinajstić information content (AvgIpc) is 3.63. The normalized spacial score (nSPS) is 11.5. The van der Waals surface area contributed by atoms with E-state index in [0.29, 0.717) is 53.0 Å². The van der Waals surface area contributed by atoms with Crippen molar-refractivity contribution >= 4 is 17.6 Å². The molecule has 0 saturated carbocycles. The van der Waals surface area contributed by atoms with E-state index in [9.17, 15) is 9.90 Å². The molecule has 2 N–H and O–H groups in total. The molecular weight excluding hydrogens is 746 g/mol. The Morgan fingerprint density at radius 3 is 2.09 bits per heavy atom. The van der Waals surface area contributed by atoms with Crippen LogP contribution in [-0.4, -0.2) is 92.2 Å². The number of fused-ring (bicyclic) bond motifs is 1. The number of carbonyl (C=O) groups is 1. The topological polar surface area (TPSA) is 160 Å². The van der Waals surface area contributed by atoms with Gasteiger partial charge in [0.1, 0.15) is 35.7 Å². The second-order valence-corrected chi connectivity index (χ2v) is 12.7. The number of hydrogen-bond acceptors (Lipinski definition) is 13. The molecule has 3 aromatic carbocycles. The van der Waals surface area contributed by atoms with E-state index in [-0.39, 0.29) is 56.6 Å². The van der Waals surface area contributed by atoms with Crippen LogP contribution in [0.15, 0.2) is 54.7 Å². The molecule has 17 heteroatoms. The van der Waals surface area contributed by atoms with Crippen molar-refractivity contribution in [3.8, 4) is 34.8 Å². The minimum absolute atomic E-state index is 0.00648. The molecule has 0 bridgehead atoms. The van der Waals surface area contributed by atoms with E-state index in [4.69, 9.17) is 43.5 Å². The maximum absolute atomic E-state index is 15.6. The van der Waals surface area contributed by atoms with Crippen molar-refractivity contribution in [1.29, 1.82) is 0 Å². The van der Waals surface area contributed by atoms with Gasteiger partial charge in [-0.15, -0.1) is 5.10 Å². The molecule has 0 aliphatic rings. The van der Waals surface area contributed by atoms with Crippen molar-refractivity contribution in [2.24, 2.45) is 0 Å². The third-order valence-electron chi connectivity index (χ3n) is 9.05. The van der Waals surface area contributed by atoms with E-state index in [1.54, 1.807) is 40.6 Å². The molecule has 0 saturated heterocycles. The van der Waals surface area contributed by atoms with Crippen molar-refractivity contribution in [2.45, 2.75) is 51.8 Å². The third-order valence-corrected chi connectivity index (χ3v) is 9.05. The van der Waals surface area contributed by atoms with Crippen LogP contribution in [0.2, 0.25) is 0 Å². The average molecular weight is 795 g/mol. The molecule has 1 unspecified atom stereocenters. The van der Waals surface area contributed by atoms with Crippen molar-refractivity contribution in [1.82, 2.24) is 24.9 Å². The summed E-state index contributed by atoms with van der Waals surface area (Å²) in [5.41, 5.74) is 2.32. The standard InChI is InChI=1S/C40H48F2N6O9/c1-7-8-29(15-17-49)57-39-45-38(47(23-26-9-12-30(51-2)20-33(26)53-4)24-27-10-13-31(52-3)21-34(27)54-5)37-44-22-28(48(37)46-39)19-25-11-14-32(36(42)35(25)41)56-18-16-43-40(50)55-6/h9-14,20-22,29,49H,7-8,15-19,23-24H2,1-6H3,(H,43,50). The first-order valence-electron chi connectivity index (χ1n) is 18.3. The highest BCUT2D eigenvalue weighted by atomic mass is 19.2. The molecule has 2 aromatic heterocycles. The monoisotopic (exact) mass is 794 g/mol. The molecule has 0 aliphatic heterocycles. The van der Waals surface area contributed by atoms with Crippen molar-refractivity contribution in [3.05, 3.63) is 88.7 Å². The number of rotatable bonds is 21. The van der Waals surface area contributed by atoms with E-state index in [2.05, 4.69) is 10.1 Å². The van der Waals surface area contributed by atoms with Gasteiger partial charge in [-0.25, -0.2) is 18.7 Å². The highest BCUT2D eigenvalue weighted by Crippen LogP contribution is 2.34. The first-order valence-corrected chi connectivity index (χ1v) is 18.3. The zero-order valence-corrected chi connectivity index (χ0v) is 32.8. The molecule has 2 heterocycles. The van der Waals surface area contributed by atoms with Gasteiger partial charge in [-0.05, 0) is 42.3 Å². The quantitative estimate of drug-likeness (QED) is 0.0847. The highest BCUT2D eigenvalue weighted by molar-refractivity contribution is 5.67. The molecule has 0 radical (unpaired) electrons. The van der Waals surface area contributed by atoms with Crippen LogP contribution in [0.25, 0.3) is 5.65 Å². The van der Waals surface area contributed by atoms with Gasteiger partial charge in [0.2, 0.25) is 5.82 Å². The number of anilines is 1. The largest absolute Gasteiger partial charge is 0.497 e. The van der Waals surface area contributed by atoms with Crippen molar-refractivity contribution in [3.63, 3.8) is 0 Å². The lowest BCUT2D eigenvalue weighted by Crippen LogP contribution is -2.27. The Bertz CT molecular complexity index is 2050. The van der Waals surface area contributed by atoms with Gasteiger partial charge in [-0.1, -0.05) is 19.4 Å². The van der Waals surface area contributed by atoms with Gasteiger partial charge >= 0.3 is 12.1 Å². The second kappa shape index (κ2) is 20.2. The molecule has 1 atom stereocenters. The Hall–Kier alpha value is -6.10. The SMILES string of the molecule is CCCC(CCO)Oc1nc(N(Cc2ccc(OC)cc2OC)Cc2ccc(OC)cc2OC)c2ncc(Cc3ccc(OCCNC(=O)OC)c(F)c3F)n2n1. The Morgan fingerprint density at radius 2 is 1.51 bits per heavy atom.